The second kappa shape index (κ2) is 4.51. The topological polar surface area (TPSA) is 37.8 Å². The molecular formula is C12H7ClFN3S. The van der Waals surface area contributed by atoms with E-state index in [1.165, 1.54) is 4.70 Å². The van der Waals surface area contributed by atoms with Gasteiger partial charge in [0.25, 0.3) is 0 Å². The number of rotatable bonds is 2. The van der Waals surface area contributed by atoms with Crippen LogP contribution < -0.4 is 5.32 Å². The van der Waals surface area contributed by atoms with E-state index in [4.69, 9.17) is 11.6 Å². The van der Waals surface area contributed by atoms with E-state index in [-0.39, 0.29) is 11.1 Å². The van der Waals surface area contributed by atoms with Gasteiger partial charge in [-0.1, -0.05) is 0 Å². The normalized spacial score (nSPS) is 10.8. The van der Waals surface area contributed by atoms with Gasteiger partial charge in [0.15, 0.2) is 11.6 Å². The summed E-state index contributed by atoms with van der Waals surface area (Å²) in [6, 6.07) is 7.78. The van der Waals surface area contributed by atoms with Gasteiger partial charge in [0, 0.05) is 10.4 Å². The van der Waals surface area contributed by atoms with Crippen LogP contribution in [0.5, 0.6) is 0 Å². The summed E-state index contributed by atoms with van der Waals surface area (Å²) in [6.07, 6.45) is 1.04. The second-order valence-corrected chi connectivity index (χ2v) is 4.92. The third-order valence-electron chi connectivity index (χ3n) is 2.43. The summed E-state index contributed by atoms with van der Waals surface area (Å²) in [5.41, 5.74) is 0.759. The number of halogens is 2. The number of nitrogens with zero attached hydrogens (tertiary/aromatic N) is 2. The van der Waals surface area contributed by atoms with Crippen molar-refractivity contribution in [2.24, 2.45) is 0 Å². The van der Waals surface area contributed by atoms with Crippen LogP contribution in [-0.2, 0) is 0 Å². The molecule has 0 fully saturated rings. The van der Waals surface area contributed by atoms with Crippen molar-refractivity contribution in [1.82, 2.24) is 9.97 Å². The smallest absolute Gasteiger partial charge is 0.224 e. The van der Waals surface area contributed by atoms with Crippen LogP contribution in [0.15, 0.2) is 35.8 Å². The summed E-state index contributed by atoms with van der Waals surface area (Å²) in [5, 5.41) is 6.01. The Balaban J connectivity index is 1.97. The highest BCUT2D eigenvalue weighted by Gasteiger charge is 2.06. The lowest BCUT2D eigenvalue weighted by Crippen LogP contribution is -1.98. The number of hydrogen-bond acceptors (Lipinski definition) is 4. The van der Waals surface area contributed by atoms with E-state index in [1.54, 1.807) is 11.3 Å². The molecule has 18 heavy (non-hydrogen) atoms. The lowest BCUT2D eigenvalue weighted by molar-refractivity contribution is 0.619. The third kappa shape index (κ3) is 2.14. The standard InChI is InChI=1S/C12H7ClFN3S/c13-12-15-6-9(14)11(17-12)16-8-1-2-10-7(5-8)3-4-18-10/h1-6H,(H,15,16,17). The minimum Gasteiger partial charge on any atom is -0.338 e. The Bertz CT molecular complexity index is 713. The largest absolute Gasteiger partial charge is 0.338 e. The monoisotopic (exact) mass is 279 g/mol. The average molecular weight is 280 g/mol. The van der Waals surface area contributed by atoms with Crippen LogP contribution in [0.3, 0.4) is 0 Å². The molecule has 0 radical (unpaired) electrons. The van der Waals surface area contributed by atoms with Gasteiger partial charge in [-0.15, -0.1) is 11.3 Å². The maximum Gasteiger partial charge on any atom is 0.224 e. The van der Waals surface area contributed by atoms with Gasteiger partial charge < -0.3 is 5.32 Å². The van der Waals surface area contributed by atoms with Crippen molar-refractivity contribution in [3.63, 3.8) is 0 Å². The lowest BCUT2D eigenvalue weighted by Gasteiger charge is -2.06. The van der Waals surface area contributed by atoms with Crippen molar-refractivity contribution in [3.8, 4) is 0 Å². The van der Waals surface area contributed by atoms with Gasteiger partial charge in [-0.3, -0.25) is 0 Å². The Morgan fingerprint density at radius 3 is 3.06 bits per heavy atom. The molecule has 3 aromatic rings. The molecule has 0 saturated heterocycles. The van der Waals surface area contributed by atoms with Gasteiger partial charge in [-0.25, -0.2) is 9.37 Å². The van der Waals surface area contributed by atoms with Crippen LogP contribution in [-0.4, -0.2) is 9.97 Å². The molecule has 3 rings (SSSR count). The first-order valence-corrected chi connectivity index (χ1v) is 6.40. The van der Waals surface area contributed by atoms with Gasteiger partial charge in [0.1, 0.15) is 0 Å². The first-order valence-electron chi connectivity index (χ1n) is 5.15. The highest BCUT2D eigenvalue weighted by atomic mass is 35.5. The van der Waals surface area contributed by atoms with Gasteiger partial charge in [0.05, 0.1) is 6.20 Å². The molecule has 0 spiro atoms. The molecule has 1 aromatic carbocycles. The molecule has 90 valence electrons. The van der Waals surface area contributed by atoms with E-state index >= 15 is 0 Å². The number of fused-ring (bicyclic) bond motifs is 1. The minimum atomic E-state index is -0.537. The quantitative estimate of drug-likeness (QED) is 0.714. The maximum atomic E-state index is 13.5. The van der Waals surface area contributed by atoms with Crippen LogP contribution in [0.25, 0.3) is 10.1 Å². The van der Waals surface area contributed by atoms with Gasteiger partial charge in [-0.2, -0.15) is 4.98 Å². The van der Waals surface area contributed by atoms with Gasteiger partial charge >= 0.3 is 0 Å². The van der Waals surface area contributed by atoms with Crippen molar-refractivity contribution in [3.05, 3.63) is 46.9 Å². The van der Waals surface area contributed by atoms with Gasteiger partial charge in [-0.05, 0) is 46.6 Å². The molecule has 2 aromatic heterocycles. The predicted octanol–water partition coefficient (Wildman–Crippen LogP) is 4.23. The predicted molar refractivity (Wildman–Crippen MR) is 72.1 cm³/mol. The molecule has 0 aliphatic carbocycles. The van der Waals surface area contributed by atoms with E-state index in [9.17, 15) is 4.39 Å². The molecular weight excluding hydrogens is 273 g/mol. The van der Waals surface area contributed by atoms with Crippen molar-refractivity contribution in [2.75, 3.05) is 5.32 Å². The Hall–Kier alpha value is -1.72. The number of hydrogen-bond donors (Lipinski definition) is 1. The molecule has 0 aliphatic heterocycles. The first kappa shape index (κ1) is 11.4. The molecule has 0 bridgehead atoms. The van der Waals surface area contributed by atoms with Crippen molar-refractivity contribution >= 4 is 44.5 Å². The van der Waals surface area contributed by atoms with Crippen LogP contribution in [0.1, 0.15) is 0 Å². The van der Waals surface area contributed by atoms with Crippen molar-refractivity contribution in [2.45, 2.75) is 0 Å². The molecule has 0 unspecified atom stereocenters. The highest BCUT2D eigenvalue weighted by Crippen LogP contribution is 2.26. The van der Waals surface area contributed by atoms with Crippen LogP contribution in [0.2, 0.25) is 5.28 Å². The summed E-state index contributed by atoms with van der Waals surface area (Å²) in [6.45, 7) is 0. The minimum absolute atomic E-state index is 0.00973. The van der Waals surface area contributed by atoms with E-state index in [2.05, 4.69) is 15.3 Å². The van der Waals surface area contributed by atoms with Crippen molar-refractivity contribution in [1.29, 1.82) is 0 Å². The molecule has 0 amide bonds. The molecule has 2 heterocycles. The molecule has 0 atom stereocenters. The fourth-order valence-corrected chi connectivity index (χ4v) is 2.52. The van der Waals surface area contributed by atoms with Crippen LogP contribution in [0, 0.1) is 5.82 Å². The second-order valence-electron chi connectivity index (χ2n) is 3.63. The molecule has 6 heteroatoms. The summed E-state index contributed by atoms with van der Waals surface area (Å²) in [4.78, 5) is 7.37. The third-order valence-corrected chi connectivity index (χ3v) is 3.51. The Morgan fingerprint density at radius 2 is 2.17 bits per heavy atom. The zero-order valence-electron chi connectivity index (χ0n) is 9.02. The van der Waals surface area contributed by atoms with E-state index in [0.29, 0.717) is 0 Å². The Labute approximate surface area is 111 Å². The number of anilines is 2. The highest BCUT2D eigenvalue weighted by molar-refractivity contribution is 7.17. The van der Waals surface area contributed by atoms with E-state index in [0.717, 1.165) is 17.3 Å². The van der Waals surface area contributed by atoms with Gasteiger partial charge in [0.2, 0.25) is 5.28 Å². The molecule has 3 nitrogen and oxygen atoms in total. The fourth-order valence-electron chi connectivity index (χ4n) is 1.61. The maximum absolute atomic E-state index is 13.5. The summed E-state index contributed by atoms with van der Waals surface area (Å²) in [7, 11) is 0. The fraction of sp³-hybridized carbons (Fsp3) is 0. The SMILES string of the molecule is Fc1cnc(Cl)nc1Nc1ccc2sccc2c1. The Morgan fingerprint density at radius 1 is 1.28 bits per heavy atom. The number of thiophene rings is 1. The average Bonchev–Trinajstić information content (AvgIpc) is 2.81. The molecule has 0 aliphatic rings. The number of benzene rings is 1. The Kier molecular flexibility index (Phi) is 2.85. The van der Waals surface area contributed by atoms with Crippen molar-refractivity contribution < 1.29 is 4.39 Å². The summed E-state index contributed by atoms with van der Waals surface area (Å²) >= 11 is 7.29. The molecule has 0 saturated carbocycles. The zero-order valence-corrected chi connectivity index (χ0v) is 10.6. The summed E-state index contributed by atoms with van der Waals surface area (Å²) in [5.74, 6) is -0.464. The van der Waals surface area contributed by atoms with Crippen LogP contribution >= 0.6 is 22.9 Å². The summed E-state index contributed by atoms with van der Waals surface area (Å²) < 4.78 is 14.6. The molecule has 1 N–H and O–H groups in total. The van der Waals surface area contributed by atoms with Crippen LogP contribution in [0.4, 0.5) is 15.9 Å². The number of aromatic nitrogens is 2. The van der Waals surface area contributed by atoms with E-state index < -0.39 is 5.82 Å². The first-order chi connectivity index (χ1) is 8.72. The number of nitrogens with one attached hydrogen (secondary N) is 1. The van der Waals surface area contributed by atoms with E-state index in [1.807, 2.05) is 29.6 Å². The zero-order chi connectivity index (χ0) is 12.5. The lowest BCUT2D eigenvalue weighted by atomic mass is 10.2.